The van der Waals surface area contributed by atoms with E-state index in [1.165, 1.54) is 22.3 Å². The van der Waals surface area contributed by atoms with E-state index in [4.69, 9.17) is 5.11 Å². The van der Waals surface area contributed by atoms with Crippen LogP contribution in [0.1, 0.15) is 24.0 Å². The van der Waals surface area contributed by atoms with Crippen molar-refractivity contribution < 1.29 is 9.90 Å². The van der Waals surface area contributed by atoms with E-state index in [9.17, 15) is 4.79 Å². The molecule has 4 rings (SSSR count). The van der Waals surface area contributed by atoms with Crippen molar-refractivity contribution >= 4 is 5.97 Å². The summed E-state index contributed by atoms with van der Waals surface area (Å²) in [6, 6.07) is 17.0. The third-order valence-corrected chi connectivity index (χ3v) is 4.06. The summed E-state index contributed by atoms with van der Waals surface area (Å²) in [5.74, 6) is -0.720. The van der Waals surface area contributed by atoms with E-state index in [0.717, 1.165) is 25.8 Å². The maximum absolute atomic E-state index is 10.1. The van der Waals surface area contributed by atoms with Crippen molar-refractivity contribution in [2.24, 2.45) is 0 Å². The van der Waals surface area contributed by atoms with Gasteiger partial charge in [-0.2, -0.15) is 0 Å². The van der Waals surface area contributed by atoms with Gasteiger partial charge in [-0.25, -0.2) is 0 Å². The molecule has 0 aromatic heterocycles. The highest BCUT2D eigenvalue weighted by atomic mass is 16.4. The molecule has 3 heteroatoms. The van der Waals surface area contributed by atoms with Crippen molar-refractivity contribution in [3.63, 3.8) is 0 Å². The highest BCUT2D eigenvalue weighted by molar-refractivity contribution is 5.76. The minimum Gasteiger partial charge on any atom is -0.480 e. The second-order valence-corrected chi connectivity index (χ2v) is 5.48. The first kappa shape index (κ1) is 13.8. The quantitative estimate of drug-likeness (QED) is 0.720. The van der Waals surface area contributed by atoms with Crippen LogP contribution in [0.2, 0.25) is 0 Å². The smallest absolute Gasteiger partial charge is 0.320 e. The molecule has 1 aliphatic heterocycles. The second kappa shape index (κ2) is 6.10. The molecule has 0 radical (unpaired) electrons. The van der Waals surface area contributed by atoms with Crippen LogP contribution in [0, 0.1) is 0 Å². The second-order valence-electron chi connectivity index (χ2n) is 5.48. The number of benzene rings is 2. The lowest BCUT2D eigenvalue weighted by Gasteiger charge is -1.99. The lowest BCUT2D eigenvalue weighted by molar-refractivity contribution is -0.139. The number of nitrogens with one attached hydrogen (secondary N) is 1. The fraction of sp³-hybridized carbons (Fsp3) is 0.278. The molecule has 21 heavy (non-hydrogen) atoms. The van der Waals surface area contributed by atoms with Gasteiger partial charge in [0.15, 0.2) is 0 Å². The van der Waals surface area contributed by atoms with E-state index >= 15 is 0 Å². The van der Waals surface area contributed by atoms with Crippen LogP contribution in [-0.4, -0.2) is 23.7 Å². The van der Waals surface area contributed by atoms with Crippen LogP contribution in [0.5, 0.6) is 0 Å². The van der Waals surface area contributed by atoms with Gasteiger partial charge in [0, 0.05) is 0 Å². The lowest BCUT2D eigenvalue weighted by Crippen LogP contribution is -2.29. The van der Waals surface area contributed by atoms with Gasteiger partial charge in [-0.05, 0) is 48.1 Å². The van der Waals surface area contributed by atoms with Crippen LogP contribution in [0.25, 0.3) is 11.1 Å². The monoisotopic (exact) mass is 281 g/mol. The Morgan fingerprint density at radius 3 is 2.00 bits per heavy atom. The molecule has 108 valence electrons. The van der Waals surface area contributed by atoms with Crippen molar-refractivity contribution in [3.05, 3.63) is 59.7 Å². The fourth-order valence-electron chi connectivity index (χ4n) is 2.97. The van der Waals surface area contributed by atoms with E-state index < -0.39 is 5.97 Å². The normalized spacial score (nSPS) is 18.4. The Labute approximate surface area is 124 Å². The SMILES string of the molecule is O=C(O)[C@@H]1CCCN1.c1ccc2c(c1)Cc1ccccc1-2. The summed E-state index contributed by atoms with van der Waals surface area (Å²) in [5.41, 5.74) is 5.75. The van der Waals surface area contributed by atoms with Crippen molar-refractivity contribution in [2.45, 2.75) is 25.3 Å². The molecule has 1 saturated heterocycles. The molecule has 0 amide bonds. The number of rotatable bonds is 1. The van der Waals surface area contributed by atoms with Crippen LogP contribution >= 0.6 is 0 Å². The minimum atomic E-state index is -0.720. The van der Waals surface area contributed by atoms with E-state index in [1.807, 2.05) is 0 Å². The molecule has 0 bridgehead atoms. The molecule has 2 aromatic carbocycles. The first-order valence-corrected chi connectivity index (χ1v) is 7.38. The van der Waals surface area contributed by atoms with Crippen LogP contribution < -0.4 is 5.32 Å². The molecule has 2 aliphatic rings. The number of hydrogen-bond acceptors (Lipinski definition) is 2. The zero-order valence-electron chi connectivity index (χ0n) is 11.9. The summed E-state index contributed by atoms with van der Waals surface area (Å²) < 4.78 is 0. The summed E-state index contributed by atoms with van der Waals surface area (Å²) in [7, 11) is 0. The molecular weight excluding hydrogens is 262 g/mol. The first-order chi connectivity index (χ1) is 10.3. The van der Waals surface area contributed by atoms with Gasteiger partial charge < -0.3 is 10.4 Å². The zero-order valence-corrected chi connectivity index (χ0v) is 11.9. The summed E-state index contributed by atoms with van der Waals surface area (Å²) >= 11 is 0. The summed E-state index contributed by atoms with van der Waals surface area (Å²) in [5, 5.41) is 11.2. The summed E-state index contributed by atoms with van der Waals surface area (Å²) in [4.78, 5) is 10.1. The molecule has 2 N–H and O–H groups in total. The first-order valence-electron chi connectivity index (χ1n) is 7.38. The topological polar surface area (TPSA) is 49.3 Å². The standard InChI is InChI=1S/C13H10.C5H9NO2/c1-3-7-12-10(5-1)9-11-6-2-4-8-13(11)12;7-5(8)4-2-1-3-6-4/h1-8H,9H2;4,6H,1-3H2,(H,7,8)/t;4-/m.0/s1. The Balaban J connectivity index is 0.000000143. The van der Waals surface area contributed by atoms with E-state index in [2.05, 4.69) is 53.8 Å². The van der Waals surface area contributed by atoms with Gasteiger partial charge in [-0.3, -0.25) is 4.79 Å². The van der Waals surface area contributed by atoms with Crippen molar-refractivity contribution in [3.8, 4) is 11.1 Å². The Bertz CT molecular complexity index is 602. The molecule has 0 unspecified atom stereocenters. The number of carboxylic acids is 1. The average Bonchev–Trinajstić information content (AvgIpc) is 3.15. The minimum absolute atomic E-state index is 0.269. The molecule has 1 aliphatic carbocycles. The van der Waals surface area contributed by atoms with Crippen LogP contribution in [0.4, 0.5) is 0 Å². The zero-order chi connectivity index (χ0) is 14.7. The van der Waals surface area contributed by atoms with Crippen LogP contribution in [-0.2, 0) is 11.2 Å². The van der Waals surface area contributed by atoms with Gasteiger partial charge in [-0.15, -0.1) is 0 Å². The molecule has 3 nitrogen and oxygen atoms in total. The van der Waals surface area contributed by atoms with E-state index in [0.29, 0.717) is 0 Å². The number of carboxylic acid groups (broad SMARTS) is 1. The Kier molecular flexibility index (Phi) is 4.02. The predicted molar refractivity (Wildman–Crippen MR) is 83.3 cm³/mol. The average molecular weight is 281 g/mol. The van der Waals surface area contributed by atoms with Crippen LogP contribution in [0.3, 0.4) is 0 Å². The largest absolute Gasteiger partial charge is 0.480 e. The van der Waals surface area contributed by atoms with Crippen molar-refractivity contribution in [1.82, 2.24) is 5.32 Å². The molecule has 1 atom stereocenters. The number of hydrogen-bond donors (Lipinski definition) is 2. The van der Waals surface area contributed by atoms with Crippen LogP contribution in [0.15, 0.2) is 48.5 Å². The molecular formula is C18H19NO2. The highest BCUT2D eigenvalue weighted by Gasteiger charge is 2.20. The Hall–Kier alpha value is -2.13. The van der Waals surface area contributed by atoms with E-state index in [-0.39, 0.29) is 6.04 Å². The molecule has 0 spiro atoms. The lowest BCUT2D eigenvalue weighted by atomic mass is 10.1. The highest BCUT2D eigenvalue weighted by Crippen LogP contribution is 2.35. The van der Waals surface area contributed by atoms with Gasteiger partial charge in [0.1, 0.15) is 6.04 Å². The number of carbonyl (C=O) groups is 1. The molecule has 1 fully saturated rings. The summed E-state index contributed by atoms with van der Waals surface area (Å²) in [6.45, 7) is 0.858. The van der Waals surface area contributed by atoms with Crippen molar-refractivity contribution in [2.75, 3.05) is 6.54 Å². The van der Waals surface area contributed by atoms with Gasteiger partial charge in [-0.1, -0.05) is 48.5 Å². The van der Waals surface area contributed by atoms with Gasteiger partial charge in [0.05, 0.1) is 0 Å². The Morgan fingerprint density at radius 2 is 1.57 bits per heavy atom. The summed E-state index contributed by atoms with van der Waals surface area (Å²) in [6.07, 6.45) is 2.89. The third kappa shape index (κ3) is 2.98. The van der Waals surface area contributed by atoms with Gasteiger partial charge in [0.2, 0.25) is 0 Å². The predicted octanol–water partition coefficient (Wildman–Crippen LogP) is 3.08. The molecule has 0 saturated carbocycles. The molecule has 2 aromatic rings. The molecule has 1 heterocycles. The maximum Gasteiger partial charge on any atom is 0.320 e. The van der Waals surface area contributed by atoms with E-state index in [1.54, 1.807) is 0 Å². The third-order valence-electron chi connectivity index (χ3n) is 4.06. The fourth-order valence-corrected chi connectivity index (χ4v) is 2.97. The maximum atomic E-state index is 10.1. The number of aliphatic carboxylic acids is 1. The van der Waals surface area contributed by atoms with Gasteiger partial charge >= 0.3 is 5.97 Å². The number of fused-ring (bicyclic) bond motifs is 3. The van der Waals surface area contributed by atoms with Gasteiger partial charge in [0.25, 0.3) is 0 Å². The van der Waals surface area contributed by atoms with Crippen molar-refractivity contribution in [1.29, 1.82) is 0 Å². The Morgan fingerprint density at radius 1 is 1.00 bits per heavy atom.